The molecule has 0 bridgehead atoms. The number of methoxy groups -OCH3 is 1. The average Bonchev–Trinajstić information content (AvgIpc) is 2.69. The van der Waals surface area contributed by atoms with Crippen LogP contribution < -0.4 is 5.32 Å². The van der Waals surface area contributed by atoms with Crippen LogP contribution in [0.2, 0.25) is 0 Å². The predicted molar refractivity (Wildman–Crippen MR) is 98.2 cm³/mol. The second-order valence-electron chi connectivity index (χ2n) is 5.95. The Morgan fingerprint density at radius 2 is 2.15 bits per heavy atom. The van der Waals surface area contributed by atoms with Gasteiger partial charge >= 0.3 is 5.97 Å². The standard InChI is InChI=1S/C17H17N5O4S/c1-26-17(25)14-11(8-19-21-18)9-27-16-13(15(24)22(14)16)20-12(23)7-10-5-3-2-4-6-10/h2-6,13,16H,7-9H2,1H3,(H,20,23)/t13?,16-/m1/s1. The molecule has 9 nitrogen and oxygen atoms in total. The third kappa shape index (κ3) is 3.76. The minimum Gasteiger partial charge on any atom is -0.464 e. The number of esters is 1. The van der Waals surface area contributed by atoms with E-state index in [0.717, 1.165) is 5.56 Å². The quantitative estimate of drug-likeness (QED) is 0.259. The summed E-state index contributed by atoms with van der Waals surface area (Å²) in [6, 6.07) is 8.52. The summed E-state index contributed by atoms with van der Waals surface area (Å²) in [5.74, 6) is -0.898. The number of benzene rings is 1. The molecule has 27 heavy (non-hydrogen) atoms. The van der Waals surface area contributed by atoms with Crippen molar-refractivity contribution in [1.29, 1.82) is 0 Å². The molecule has 0 radical (unpaired) electrons. The van der Waals surface area contributed by atoms with Crippen LogP contribution in [0.5, 0.6) is 0 Å². The van der Waals surface area contributed by atoms with E-state index in [9.17, 15) is 14.4 Å². The second kappa shape index (κ2) is 8.15. The monoisotopic (exact) mass is 387 g/mol. The lowest BCUT2D eigenvalue weighted by Gasteiger charge is -2.49. The van der Waals surface area contributed by atoms with Gasteiger partial charge in [0, 0.05) is 10.7 Å². The maximum Gasteiger partial charge on any atom is 0.354 e. The summed E-state index contributed by atoms with van der Waals surface area (Å²) >= 11 is 1.40. The van der Waals surface area contributed by atoms with E-state index in [0.29, 0.717) is 11.3 Å². The highest BCUT2D eigenvalue weighted by Gasteiger charge is 2.54. The first-order chi connectivity index (χ1) is 13.1. The van der Waals surface area contributed by atoms with Gasteiger partial charge in [-0.3, -0.25) is 14.5 Å². The van der Waals surface area contributed by atoms with Crippen LogP contribution in [-0.2, 0) is 25.5 Å². The summed E-state index contributed by atoms with van der Waals surface area (Å²) < 4.78 is 4.77. The summed E-state index contributed by atoms with van der Waals surface area (Å²) in [5.41, 5.74) is 9.99. The Morgan fingerprint density at radius 3 is 2.81 bits per heavy atom. The van der Waals surface area contributed by atoms with Crippen LogP contribution in [0.3, 0.4) is 0 Å². The van der Waals surface area contributed by atoms with Crippen LogP contribution in [0.4, 0.5) is 0 Å². The van der Waals surface area contributed by atoms with E-state index in [-0.39, 0.29) is 35.9 Å². The largest absolute Gasteiger partial charge is 0.464 e. The number of amides is 2. The van der Waals surface area contributed by atoms with Gasteiger partial charge in [-0.2, -0.15) is 0 Å². The molecule has 3 rings (SSSR count). The van der Waals surface area contributed by atoms with Gasteiger partial charge in [-0.05, 0) is 16.7 Å². The van der Waals surface area contributed by atoms with E-state index in [4.69, 9.17) is 10.3 Å². The molecule has 1 N–H and O–H groups in total. The Balaban J connectivity index is 1.72. The molecule has 2 amide bonds. The number of hydrogen-bond acceptors (Lipinski definition) is 6. The number of hydrogen-bond donors (Lipinski definition) is 1. The summed E-state index contributed by atoms with van der Waals surface area (Å²) in [5, 5.41) is 5.83. The number of nitrogens with zero attached hydrogens (tertiary/aromatic N) is 4. The van der Waals surface area contributed by atoms with Gasteiger partial charge in [0.2, 0.25) is 5.91 Å². The number of β-lactam (4-membered cyclic amide) rings is 1. The lowest BCUT2D eigenvalue weighted by molar-refractivity contribution is -0.151. The third-order valence-corrected chi connectivity index (χ3v) is 5.61. The topological polar surface area (TPSA) is 124 Å². The van der Waals surface area contributed by atoms with E-state index < -0.39 is 12.0 Å². The molecule has 140 valence electrons. The molecule has 0 saturated carbocycles. The molecule has 1 aromatic carbocycles. The summed E-state index contributed by atoms with van der Waals surface area (Å²) in [6.45, 7) is -0.0184. The summed E-state index contributed by atoms with van der Waals surface area (Å²) in [4.78, 5) is 41.0. The molecule has 1 saturated heterocycles. The highest BCUT2D eigenvalue weighted by atomic mass is 32.2. The average molecular weight is 387 g/mol. The first kappa shape index (κ1) is 18.8. The van der Waals surface area contributed by atoms with Crippen LogP contribution in [0.25, 0.3) is 10.4 Å². The van der Waals surface area contributed by atoms with Gasteiger partial charge in [-0.15, -0.1) is 11.8 Å². The number of thioether (sulfide) groups is 1. The fraction of sp³-hybridized carbons (Fsp3) is 0.353. The van der Waals surface area contributed by atoms with Crippen LogP contribution in [0.1, 0.15) is 5.56 Å². The fourth-order valence-electron chi connectivity index (χ4n) is 3.01. The SMILES string of the molecule is COC(=O)C1=C(CN=[N+]=[N-])CS[C@@H]2C(NC(=O)Cc3ccccc3)C(=O)N12. The van der Waals surface area contributed by atoms with Crippen molar-refractivity contribution in [3.8, 4) is 0 Å². The minimum absolute atomic E-state index is 0.0184. The highest BCUT2D eigenvalue weighted by molar-refractivity contribution is 8.00. The fourth-order valence-corrected chi connectivity index (χ4v) is 4.35. The van der Waals surface area contributed by atoms with E-state index >= 15 is 0 Å². The van der Waals surface area contributed by atoms with Crippen LogP contribution in [0, 0.1) is 0 Å². The first-order valence-electron chi connectivity index (χ1n) is 8.16. The first-order valence-corrected chi connectivity index (χ1v) is 9.21. The van der Waals surface area contributed by atoms with Crippen LogP contribution >= 0.6 is 11.8 Å². The minimum atomic E-state index is -0.702. The highest BCUT2D eigenvalue weighted by Crippen LogP contribution is 2.40. The number of azide groups is 1. The van der Waals surface area contributed by atoms with E-state index in [1.54, 1.807) is 0 Å². The number of carbonyl (C=O) groups excluding carboxylic acids is 3. The molecular weight excluding hydrogens is 370 g/mol. The molecular formula is C17H17N5O4S. The number of nitrogens with one attached hydrogen (secondary N) is 1. The number of carbonyl (C=O) groups is 3. The molecule has 10 heteroatoms. The van der Waals surface area contributed by atoms with Gasteiger partial charge in [-0.1, -0.05) is 35.4 Å². The van der Waals surface area contributed by atoms with Gasteiger partial charge in [0.25, 0.3) is 5.91 Å². The van der Waals surface area contributed by atoms with E-state index in [1.807, 2.05) is 30.3 Å². The molecule has 0 spiro atoms. The van der Waals surface area contributed by atoms with Gasteiger partial charge in [0.15, 0.2) is 0 Å². The Hall–Kier alpha value is -2.97. The van der Waals surface area contributed by atoms with E-state index in [1.165, 1.54) is 23.8 Å². The van der Waals surface area contributed by atoms with Gasteiger partial charge in [0.05, 0.1) is 20.1 Å². The van der Waals surface area contributed by atoms with Crippen LogP contribution in [-0.4, -0.2) is 53.5 Å². The van der Waals surface area contributed by atoms with Gasteiger partial charge in [-0.25, -0.2) is 4.79 Å². The smallest absolute Gasteiger partial charge is 0.354 e. The van der Waals surface area contributed by atoms with Gasteiger partial charge in [0.1, 0.15) is 17.1 Å². The number of ether oxygens (including phenoxy) is 1. The van der Waals surface area contributed by atoms with Crippen molar-refractivity contribution >= 4 is 29.5 Å². The molecule has 0 aliphatic carbocycles. The zero-order valence-corrected chi connectivity index (χ0v) is 15.3. The zero-order chi connectivity index (χ0) is 19.4. The predicted octanol–water partition coefficient (Wildman–Crippen LogP) is 1.37. The molecule has 2 heterocycles. The van der Waals surface area contributed by atoms with Crippen LogP contribution in [0.15, 0.2) is 46.7 Å². The summed E-state index contributed by atoms with van der Waals surface area (Å²) in [6.07, 6.45) is 0.170. The van der Waals surface area contributed by atoms with Crippen molar-refractivity contribution in [2.45, 2.75) is 17.8 Å². The Bertz CT molecular complexity index is 850. The Morgan fingerprint density at radius 1 is 1.41 bits per heavy atom. The molecule has 2 aliphatic heterocycles. The third-order valence-electron chi connectivity index (χ3n) is 4.27. The van der Waals surface area contributed by atoms with Crippen molar-refractivity contribution in [3.63, 3.8) is 0 Å². The molecule has 1 fully saturated rings. The molecule has 0 aromatic heterocycles. The zero-order valence-electron chi connectivity index (χ0n) is 14.5. The number of rotatable bonds is 6. The Kier molecular flexibility index (Phi) is 5.68. The van der Waals surface area contributed by atoms with Crippen molar-refractivity contribution in [1.82, 2.24) is 10.2 Å². The lowest BCUT2D eigenvalue weighted by Crippen LogP contribution is -2.70. The molecule has 1 unspecified atom stereocenters. The lowest BCUT2D eigenvalue weighted by atomic mass is 10.0. The van der Waals surface area contributed by atoms with Crippen molar-refractivity contribution in [2.75, 3.05) is 19.4 Å². The Labute approximate surface area is 159 Å². The summed E-state index contributed by atoms with van der Waals surface area (Å²) in [7, 11) is 1.22. The van der Waals surface area contributed by atoms with Crippen molar-refractivity contribution in [2.24, 2.45) is 5.11 Å². The molecule has 1 aromatic rings. The maximum absolute atomic E-state index is 12.6. The van der Waals surface area contributed by atoms with Crippen molar-refractivity contribution in [3.05, 3.63) is 57.6 Å². The normalized spacial score (nSPS) is 20.9. The maximum atomic E-state index is 12.6. The van der Waals surface area contributed by atoms with Crippen molar-refractivity contribution < 1.29 is 19.1 Å². The van der Waals surface area contributed by atoms with Gasteiger partial charge < -0.3 is 10.1 Å². The molecule has 2 aliphatic rings. The van der Waals surface area contributed by atoms with E-state index in [2.05, 4.69) is 15.3 Å². The molecule has 2 atom stereocenters. The number of fused-ring (bicyclic) bond motifs is 1. The second-order valence-corrected chi connectivity index (χ2v) is 7.06.